The van der Waals surface area contributed by atoms with E-state index in [-0.39, 0.29) is 16.9 Å². The lowest BCUT2D eigenvalue weighted by Crippen LogP contribution is -2.22. The Morgan fingerprint density at radius 2 is 1.90 bits per heavy atom. The highest BCUT2D eigenvalue weighted by Gasteiger charge is 2.19. The first-order valence-electron chi connectivity index (χ1n) is 9.57. The molecule has 2 aromatic heterocycles. The van der Waals surface area contributed by atoms with E-state index < -0.39 is 12.0 Å². The van der Waals surface area contributed by atoms with Gasteiger partial charge in [-0.15, -0.1) is 0 Å². The molecular weight excluding hydrogens is 416 g/mol. The van der Waals surface area contributed by atoms with Gasteiger partial charge in [0.05, 0.1) is 16.9 Å². The average Bonchev–Trinajstić information content (AvgIpc) is 2.77. The molecule has 8 heteroatoms. The highest BCUT2D eigenvalue weighted by Crippen LogP contribution is 2.30. The van der Waals surface area contributed by atoms with Crippen molar-refractivity contribution in [3.05, 3.63) is 87.3 Å². The molecule has 0 fully saturated rings. The normalized spacial score (nSPS) is 12.0. The monoisotopic (exact) mass is 434 g/mol. The van der Waals surface area contributed by atoms with Gasteiger partial charge in [0.25, 0.3) is 5.56 Å². The highest BCUT2D eigenvalue weighted by molar-refractivity contribution is 6.31. The van der Waals surface area contributed by atoms with Gasteiger partial charge in [-0.2, -0.15) is 0 Å². The molecule has 1 atom stereocenters. The van der Waals surface area contributed by atoms with Crippen LogP contribution < -0.4 is 10.9 Å². The van der Waals surface area contributed by atoms with Crippen LogP contribution in [0.1, 0.15) is 28.9 Å². The Balaban J connectivity index is 1.89. The van der Waals surface area contributed by atoms with Crippen LogP contribution in [-0.2, 0) is 7.05 Å². The lowest BCUT2D eigenvalue weighted by molar-refractivity contribution is 0.0697. The lowest BCUT2D eigenvalue weighted by Gasteiger charge is -2.19. The molecule has 7 nitrogen and oxygen atoms in total. The molecule has 0 aliphatic heterocycles. The zero-order valence-corrected chi connectivity index (χ0v) is 17.6. The number of nitrogens with zero attached hydrogens (tertiary/aromatic N) is 3. The maximum absolute atomic E-state index is 13.1. The summed E-state index contributed by atoms with van der Waals surface area (Å²) in [4.78, 5) is 33.6. The van der Waals surface area contributed by atoms with Gasteiger partial charge in [0.1, 0.15) is 17.2 Å². The van der Waals surface area contributed by atoms with Crippen molar-refractivity contribution >= 4 is 34.3 Å². The second kappa shape index (κ2) is 8.20. The number of nitrogens with one attached hydrogen (secondary N) is 1. The van der Waals surface area contributed by atoms with Gasteiger partial charge in [0.2, 0.25) is 0 Å². The molecule has 0 amide bonds. The zero-order chi connectivity index (χ0) is 22.1. The Morgan fingerprint density at radius 1 is 1.16 bits per heavy atom. The van der Waals surface area contributed by atoms with Gasteiger partial charge >= 0.3 is 5.97 Å². The van der Waals surface area contributed by atoms with Crippen LogP contribution in [0.2, 0.25) is 5.02 Å². The molecule has 31 heavy (non-hydrogen) atoms. The molecule has 0 unspecified atom stereocenters. The molecule has 0 spiro atoms. The van der Waals surface area contributed by atoms with Gasteiger partial charge in [-0.3, -0.25) is 9.36 Å². The molecule has 0 saturated heterocycles. The quantitative estimate of drug-likeness (QED) is 0.479. The van der Waals surface area contributed by atoms with E-state index in [0.717, 1.165) is 5.56 Å². The van der Waals surface area contributed by atoms with Crippen LogP contribution in [0, 0.1) is 0 Å². The van der Waals surface area contributed by atoms with Crippen molar-refractivity contribution in [1.82, 2.24) is 14.5 Å². The molecule has 0 bridgehead atoms. The van der Waals surface area contributed by atoms with Crippen LogP contribution in [0.4, 0.5) is 5.82 Å². The van der Waals surface area contributed by atoms with E-state index in [1.807, 2.05) is 37.3 Å². The number of aromatic nitrogens is 3. The number of anilines is 1. The van der Waals surface area contributed by atoms with Crippen molar-refractivity contribution in [2.45, 2.75) is 13.0 Å². The minimum absolute atomic E-state index is 0.0505. The van der Waals surface area contributed by atoms with Crippen LogP contribution in [0.5, 0.6) is 0 Å². The van der Waals surface area contributed by atoms with E-state index in [1.54, 1.807) is 25.2 Å². The van der Waals surface area contributed by atoms with Gasteiger partial charge in [-0.05, 0) is 31.2 Å². The minimum Gasteiger partial charge on any atom is -0.478 e. The first-order valence-corrected chi connectivity index (χ1v) is 9.95. The lowest BCUT2D eigenvalue weighted by atomic mass is 10.0. The Hall–Kier alpha value is -3.71. The molecule has 0 aliphatic rings. The van der Waals surface area contributed by atoms with Gasteiger partial charge in [-0.25, -0.2) is 14.8 Å². The van der Waals surface area contributed by atoms with Crippen LogP contribution in [0.3, 0.4) is 0 Å². The van der Waals surface area contributed by atoms with Crippen molar-refractivity contribution in [3.63, 3.8) is 0 Å². The number of carboxylic acids is 1. The predicted molar refractivity (Wildman–Crippen MR) is 121 cm³/mol. The summed E-state index contributed by atoms with van der Waals surface area (Å²) in [5.74, 6) is -0.335. The summed E-state index contributed by atoms with van der Waals surface area (Å²) in [6.07, 6.45) is 1.51. The van der Waals surface area contributed by atoms with Crippen molar-refractivity contribution in [1.29, 1.82) is 0 Å². The molecule has 2 heterocycles. The van der Waals surface area contributed by atoms with Gasteiger partial charge in [-0.1, -0.05) is 41.9 Å². The van der Waals surface area contributed by atoms with Gasteiger partial charge < -0.3 is 10.4 Å². The molecular formula is C23H19ClN4O3. The topological polar surface area (TPSA) is 97.1 Å². The average molecular weight is 435 g/mol. The largest absolute Gasteiger partial charge is 0.478 e. The summed E-state index contributed by atoms with van der Waals surface area (Å²) < 4.78 is 1.50. The SMILES string of the molecule is C[C@@H](Nc1ncccc1C(=O)O)c1cc(Cl)cc2c(=O)n(C)c(-c3ccccc3)nc12. The van der Waals surface area contributed by atoms with Gasteiger partial charge in [0.15, 0.2) is 0 Å². The number of pyridine rings is 1. The number of carboxylic acid groups (broad SMARTS) is 1. The van der Waals surface area contributed by atoms with Crippen molar-refractivity contribution in [2.75, 3.05) is 5.32 Å². The van der Waals surface area contributed by atoms with E-state index in [1.165, 1.54) is 16.8 Å². The highest BCUT2D eigenvalue weighted by atomic mass is 35.5. The fourth-order valence-electron chi connectivity index (χ4n) is 3.52. The summed E-state index contributed by atoms with van der Waals surface area (Å²) in [7, 11) is 1.67. The van der Waals surface area contributed by atoms with E-state index in [2.05, 4.69) is 10.3 Å². The first-order chi connectivity index (χ1) is 14.9. The van der Waals surface area contributed by atoms with E-state index in [9.17, 15) is 14.7 Å². The summed E-state index contributed by atoms with van der Waals surface area (Å²) in [5, 5.41) is 13.3. The molecule has 0 aliphatic carbocycles. The molecule has 4 rings (SSSR count). The Bertz CT molecular complexity index is 1350. The second-order valence-electron chi connectivity index (χ2n) is 7.13. The summed E-state index contributed by atoms with van der Waals surface area (Å²) >= 11 is 6.32. The Morgan fingerprint density at radius 3 is 2.61 bits per heavy atom. The van der Waals surface area contributed by atoms with Crippen LogP contribution in [0.15, 0.2) is 65.6 Å². The van der Waals surface area contributed by atoms with Crippen molar-refractivity contribution in [2.24, 2.45) is 7.05 Å². The Labute approximate surface area is 183 Å². The first kappa shape index (κ1) is 20.6. The van der Waals surface area contributed by atoms with E-state index in [0.29, 0.717) is 27.3 Å². The summed E-state index contributed by atoms with van der Waals surface area (Å²) in [5.41, 5.74) is 1.81. The standard InChI is InChI=1S/C23H19ClN4O3/c1-13(26-20-16(23(30)31)9-6-10-25-20)17-11-15(24)12-18-19(17)27-21(28(2)22(18)29)14-7-4-3-5-8-14/h3-13H,1-2H3,(H,25,26)(H,30,31)/t13-/m1/s1. The van der Waals surface area contributed by atoms with E-state index in [4.69, 9.17) is 16.6 Å². The number of benzene rings is 2. The third-order valence-corrected chi connectivity index (χ3v) is 5.28. The molecule has 2 aromatic carbocycles. The third-order valence-electron chi connectivity index (χ3n) is 5.06. The van der Waals surface area contributed by atoms with Crippen LogP contribution >= 0.6 is 11.6 Å². The van der Waals surface area contributed by atoms with Gasteiger partial charge in [0, 0.05) is 29.4 Å². The Kier molecular flexibility index (Phi) is 5.44. The fourth-order valence-corrected chi connectivity index (χ4v) is 3.74. The van der Waals surface area contributed by atoms with Crippen LogP contribution in [0.25, 0.3) is 22.3 Å². The number of rotatable bonds is 5. The molecule has 0 saturated carbocycles. The number of carbonyl (C=O) groups is 1. The fraction of sp³-hybridized carbons (Fsp3) is 0.130. The van der Waals surface area contributed by atoms with Crippen LogP contribution in [-0.4, -0.2) is 25.6 Å². The van der Waals surface area contributed by atoms with Crippen molar-refractivity contribution < 1.29 is 9.90 Å². The third kappa shape index (κ3) is 3.87. The van der Waals surface area contributed by atoms with Crippen molar-refractivity contribution in [3.8, 4) is 11.4 Å². The van der Waals surface area contributed by atoms with E-state index >= 15 is 0 Å². The number of hydrogen-bond donors (Lipinski definition) is 2. The molecule has 0 radical (unpaired) electrons. The predicted octanol–water partition coefficient (Wildman–Crippen LogP) is 4.52. The molecule has 4 aromatic rings. The maximum atomic E-state index is 13.1. The number of hydrogen-bond acceptors (Lipinski definition) is 5. The smallest absolute Gasteiger partial charge is 0.339 e. The summed E-state index contributed by atoms with van der Waals surface area (Å²) in [6.45, 7) is 1.84. The molecule has 2 N–H and O–H groups in total. The summed E-state index contributed by atoms with van der Waals surface area (Å²) in [6, 6.07) is 15.4. The maximum Gasteiger partial charge on any atom is 0.339 e. The molecule has 156 valence electrons. The number of halogens is 1. The zero-order valence-electron chi connectivity index (χ0n) is 16.8. The number of fused-ring (bicyclic) bond motifs is 1. The second-order valence-corrected chi connectivity index (χ2v) is 7.56. The minimum atomic E-state index is -1.09. The number of aromatic carboxylic acids is 1.